The Balaban J connectivity index is 1.57. The van der Waals surface area contributed by atoms with Crippen molar-refractivity contribution in [3.63, 3.8) is 0 Å². The molecule has 122 valence electrons. The number of halogens is 2. The Hall–Kier alpha value is -2.28. The molecule has 0 spiro atoms. The van der Waals surface area contributed by atoms with Gasteiger partial charge in [-0.2, -0.15) is 0 Å². The molecule has 23 heavy (non-hydrogen) atoms. The number of rotatable bonds is 5. The number of aromatic nitrogens is 1. The van der Waals surface area contributed by atoms with E-state index in [1.165, 1.54) is 12.3 Å². The quantitative estimate of drug-likeness (QED) is 0.884. The summed E-state index contributed by atoms with van der Waals surface area (Å²) in [5.74, 6) is -0.851. The van der Waals surface area contributed by atoms with Crippen LogP contribution in [-0.2, 0) is 11.2 Å². The lowest BCUT2D eigenvalue weighted by atomic mass is 10.2. The summed E-state index contributed by atoms with van der Waals surface area (Å²) in [5, 5.41) is 6.10. The molecule has 7 heteroatoms. The molecular weight excluding hydrogens is 304 g/mol. The summed E-state index contributed by atoms with van der Waals surface area (Å²) in [6, 6.07) is 3.43. The minimum atomic E-state index is -0.709. The number of hydrogen-bond donors (Lipinski definition) is 2. The Morgan fingerprint density at radius 1 is 1.43 bits per heavy atom. The SMILES string of the molecule is O=C(CCc1ncc(-c2ccc(F)cc2F)o1)NC1CCNC1. The second kappa shape index (κ2) is 6.87. The van der Waals surface area contributed by atoms with Crippen molar-refractivity contribution in [2.24, 2.45) is 0 Å². The van der Waals surface area contributed by atoms with Gasteiger partial charge in [0.25, 0.3) is 0 Å². The number of nitrogens with one attached hydrogen (secondary N) is 2. The van der Waals surface area contributed by atoms with Gasteiger partial charge in [0, 0.05) is 31.5 Å². The monoisotopic (exact) mass is 321 g/mol. The fraction of sp³-hybridized carbons (Fsp3) is 0.375. The second-order valence-corrected chi connectivity index (χ2v) is 5.50. The topological polar surface area (TPSA) is 67.2 Å². The zero-order valence-corrected chi connectivity index (χ0v) is 12.4. The number of hydrogen-bond acceptors (Lipinski definition) is 4. The summed E-state index contributed by atoms with van der Waals surface area (Å²) in [4.78, 5) is 15.9. The molecule has 1 amide bonds. The molecule has 2 aromatic rings. The Morgan fingerprint density at radius 2 is 2.30 bits per heavy atom. The fourth-order valence-electron chi connectivity index (χ4n) is 2.54. The molecule has 1 atom stereocenters. The van der Waals surface area contributed by atoms with E-state index < -0.39 is 11.6 Å². The summed E-state index contributed by atoms with van der Waals surface area (Å²) in [7, 11) is 0. The van der Waals surface area contributed by atoms with E-state index in [1.54, 1.807) is 0 Å². The molecule has 0 radical (unpaired) electrons. The lowest BCUT2D eigenvalue weighted by Crippen LogP contribution is -2.36. The Bertz CT molecular complexity index is 696. The van der Waals surface area contributed by atoms with Crippen molar-refractivity contribution in [3.05, 3.63) is 41.9 Å². The molecule has 1 aromatic heterocycles. The third-order valence-electron chi connectivity index (χ3n) is 3.74. The highest BCUT2D eigenvalue weighted by molar-refractivity contribution is 5.76. The maximum Gasteiger partial charge on any atom is 0.220 e. The number of amides is 1. The van der Waals surface area contributed by atoms with Crippen molar-refractivity contribution >= 4 is 5.91 Å². The molecule has 1 saturated heterocycles. The van der Waals surface area contributed by atoms with Crippen molar-refractivity contribution in [2.45, 2.75) is 25.3 Å². The van der Waals surface area contributed by atoms with Crippen molar-refractivity contribution in [3.8, 4) is 11.3 Å². The maximum absolute atomic E-state index is 13.7. The highest BCUT2D eigenvalue weighted by Crippen LogP contribution is 2.24. The average Bonchev–Trinajstić information content (AvgIpc) is 3.17. The van der Waals surface area contributed by atoms with Crippen LogP contribution in [0.4, 0.5) is 8.78 Å². The summed E-state index contributed by atoms with van der Waals surface area (Å²) in [6.07, 6.45) is 2.89. The average molecular weight is 321 g/mol. The van der Waals surface area contributed by atoms with Crippen LogP contribution in [0.1, 0.15) is 18.7 Å². The van der Waals surface area contributed by atoms with Gasteiger partial charge in [-0.15, -0.1) is 0 Å². The van der Waals surface area contributed by atoms with Gasteiger partial charge in [-0.05, 0) is 25.1 Å². The van der Waals surface area contributed by atoms with Crippen LogP contribution >= 0.6 is 0 Å². The Kier molecular flexibility index (Phi) is 4.66. The van der Waals surface area contributed by atoms with Crippen molar-refractivity contribution in [1.29, 1.82) is 0 Å². The van der Waals surface area contributed by atoms with Gasteiger partial charge in [0.1, 0.15) is 11.6 Å². The van der Waals surface area contributed by atoms with Crippen LogP contribution in [0.15, 0.2) is 28.8 Å². The highest BCUT2D eigenvalue weighted by atomic mass is 19.1. The van der Waals surface area contributed by atoms with Gasteiger partial charge in [-0.25, -0.2) is 13.8 Å². The third kappa shape index (κ3) is 3.92. The summed E-state index contributed by atoms with van der Waals surface area (Å²) < 4.78 is 32.0. The normalized spacial score (nSPS) is 17.4. The van der Waals surface area contributed by atoms with Gasteiger partial charge in [0.15, 0.2) is 11.7 Å². The molecule has 1 aromatic carbocycles. The summed E-state index contributed by atoms with van der Waals surface area (Å²) >= 11 is 0. The van der Waals surface area contributed by atoms with Crippen LogP contribution in [0.5, 0.6) is 0 Å². The van der Waals surface area contributed by atoms with Gasteiger partial charge >= 0.3 is 0 Å². The van der Waals surface area contributed by atoms with E-state index in [2.05, 4.69) is 15.6 Å². The molecule has 0 bridgehead atoms. The smallest absolute Gasteiger partial charge is 0.220 e. The maximum atomic E-state index is 13.7. The van der Waals surface area contributed by atoms with E-state index >= 15 is 0 Å². The number of carbonyl (C=O) groups excluding carboxylic acids is 1. The van der Waals surface area contributed by atoms with Crippen molar-refractivity contribution in [1.82, 2.24) is 15.6 Å². The number of benzene rings is 1. The predicted molar refractivity (Wildman–Crippen MR) is 79.6 cm³/mol. The minimum absolute atomic E-state index is 0.0635. The number of oxazole rings is 1. The standard InChI is InChI=1S/C16H17F2N3O2/c17-10-1-2-12(13(18)7-10)14-9-20-16(23-14)4-3-15(22)21-11-5-6-19-8-11/h1-2,7,9,11,19H,3-6,8H2,(H,21,22). The van der Waals surface area contributed by atoms with Crippen LogP contribution in [0, 0.1) is 11.6 Å². The van der Waals surface area contributed by atoms with Gasteiger partial charge < -0.3 is 15.1 Å². The van der Waals surface area contributed by atoms with Gasteiger partial charge in [0.2, 0.25) is 5.91 Å². The van der Waals surface area contributed by atoms with Crippen molar-refractivity contribution < 1.29 is 18.0 Å². The molecule has 1 fully saturated rings. The van der Waals surface area contributed by atoms with Crippen LogP contribution < -0.4 is 10.6 Å². The molecule has 0 aliphatic carbocycles. The molecule has 5 nitrogen and oxygen atoms in total. The lowest BCUT2D eigenvalue weighted by molar-refractivity contribution is -0.121. The Morgan fingerprint density at radius 3 is 3.04 bits per heavy atom. The Labute approximate surface area is 132 Å². The van der Waals surface area contributed by atoms with Crippen LogP contribution in [0.2, 0.25) is 0 Å². The zero-order valence-electron chi connectivity index (χ0n) is 12.4. The largest absolute Gasteiger partial charge is 0.441 e. The summed E-state index contributed by atoms with van der Waals surface area (Å²) in [6.45, 7) is 1.70. The number of nitrogens with zero attached hydrogens (tertiary/aromatic N) is 1. The van der Waals surface area contributed by atoms with E-state index in [9.17, 15) is 13.6 Å². The van der Waals surface area contributed by atoms with E-state index in [1.807, 2.05) is 0 Å². The first-order valence-electron chi connectivity index (χ1n) is 7.52. The number of aryl methyl sites for hydroxylation is 1. The van der Waals surface area contributed by atoms with Crippen LogP contribution in [0.3, 0.4) is 0 Å². The highest BCUT2D eigenvalue weighted by Gasteiger charge is 2.17. The first kappa shape index (κ1) is 15.6. The molecule has 2 heterocycles. The first-order valence-corrected chi connectivity index (χ1v) is 7.52. The molecule has 2 N–H and O–H groups in total. The van der Waals surface area contributed by atoms with Crippen molar-refractivity contribution in [2.75, 3.05) is 13.1 Å². The zero-order chi connectivity index (χ0) is 16.2. The molecular formula is C16H17F2N3O2. The molecule has 1 aliphatic heterocycles. The minimum Gasteiger partial charge on any atom is -0.441 e. The van der Waals surface area contributed by atoms with Crippen LogP contribution in [-0.4, -0.2) is 30.0 Å². The third-order valence-corrected chi connectivity index (χ3v) is 3.74. The van der Waals surface area contributed by atoms with E-state index in [0.717, 1.165) is 31.6 Å². The van der Waals surface area contributed by atoms with Gasteiger partial charge in [0.05, 0.1) is 11.8 Å². The van der Waals surface area contributed by atoms with Gasteiger partial charge in [-0.1, -0.05) is 0 Å². The molecule has 1 unspecified atom stereocenters. The molecule has 3 rings (SSSR count). The molecule has 0 saturated carbocycles. The predicted octanol–water partition coefficient (Wildman–Crippen LogP) is 2.03. The lowest BCUT2D eigenvalue weighted by Gasteiger charge is -2.10. The molecule has 1 aliphatic rings. The second-order valence-electron chi connectivity index (χ2n) is 5.50. The van der Waals surface area contributed by atoms with E-state index in [4.69, 9.17) is 4.42 Å². The first-order chi connectivity index (χ1) is 11.1. The van der Waals surface area contributed by atoms with E-state index in [0.29, 0.717) is 12.3 Å². The van der Waals surface area contributed by atoms with Gasteiger partial charge in [-0.3, -0.25) is 4.79 Å². The van der Waals surface area contributed by atoms with E-state index in [-0.39, 0.29) is 29.7 Å². The number of carbonyl (C=O) groups is 1. The fourth-order valence-corrected chi connectivity index (χ4v) is 2.54. The summed E-state index contributed by atoms with van der Waals surface area (Å²) in [5.41, 5.74) is 0.145. The van der Waals surface area contributed by atoms with Crippen LogP contribution in [0.25, 0.3) is 11.3 Å².